The van der Waals surface area contributed by atoms with Crippen LogP contribution in [0.2, 0.25) is 0 Å². The van der Waals surface area contributed by atoms with E-state index >= 15 is 0 Å². The molecular formula is C28H21F7N4O2. The van der Waals surface area contributed by atoms with Gasteiger partial charge in [0.2, 0.25) is 5.95 Å². The zero-order valence-corrected chi connectivity index (χ0v) is 21.2. The lowest BCUT2D eigenvalue weighted by Crippen LogP contribution is -2.32. The molecule has 3 aromatic carbocycles. The van der Waals surface area contributed by atoms with Crippen molar-refractivity contribution >= 4 is 28.3 Å². The van der Waals surface area contributed by atoms with Crippen LogP contribution in [0.3, 0.4) is 0 Å². The van der Waals surface area contributed by atoms with Gasteiger partial charge in [-0.15, -0.1) is 0 Å². The number of anilines is 2. The van der Waals surface area contributed by atoms with Crippen molar-refractivity contribution in [1.82, 2.24) is 9.55 Å². The average molecular weight is 578 g/mol. The van der Waals surface area contributed by atoms with Gasteiger partial charge in [-0.2, -0.15) is 26.3 Å². The molecule has 1 aliphatic rings. The number of hydrogen-bond donors (Lipinski definition) is 2. The first-order valence-electron chi connectivity index (χ1n) is 12.1. The van der Waals surface area contributed by atoms with E-state index in [1.54, 1.807) is 17.0 Å². The van der Waals surface area contributed by atoms with Gasteiger partial charge in [-0.05, 0) is 41.5 Å². The first-order chi connectivity index (χ1) is 19.1. The Morgan fingerprint density at radius 3 is 2.22 bits per heavy atom. The topological polar surface area (TPSA) is 70.4 Å². The Kier molecular flexibility index (Phi) is 6.71. The number of aromatic nitrogens is 2. The van der Waals surface area contributed by atoms with E-state index in [9.17, 15) is 40.6 Å². The third kappa shape index (κ3) is 5.19. The van der Waals surface area contributed by atoms with Crippen LogP contribution in [0.25, 0.3) is 16.7 Å². The summed E-state index contributed by atoms with van der Waals surface area (Å²) in [5.41, 5.74) is -3.11. The fourth-order valence-electron chi connectivity index (χ4n) is 4.90. The lowest BCUT2D eigenvalue weighted by atomic mass is 9.98. The van der Waals surface area contributed by atoms with Crippen molar-refractivity contribution in [3.8, 4) is 0 Å². The summed E-state index contributed by atoms with van der Waals surface area (Å²) in [5.74, 6) is -1.70. The molecule has 1 aromatic heterocycles. The molecule has 0 bridgehead atoms. The predicted octanol–water partition coefficient (Wildman–Crippen LogP) is 6.86. The summed E-state index contributed by atoms with van der Waals surface area (Å²) in [6.45, 7) is 3.77. The molecule has 13 heteroatoms. The second-order valence-electron chi connectivity index (χ2n) is 9.62. The fourth-order valence-corrected chi connectivity index (χ4v) is 4.90. The molecule has 2 heterocycles. The van der Waals surface area contributed by atoms with Crippen molar-refractivity contribution in [2.24, 2.45) is 7.05 Å². The van der Waals surface area contributed by atoms with Crippen molar-refractivity contribution in [2.45, 2.75) is 31.5 Å². The van der Waals surface area contributed by atoms with E-state index < -0.39 is 68.8 Å². The summed E-state index contributed by atoms with van der Waals surface area (Å²) >= 11 is 0. The zero-order chi connectivity index (χ0) is 29.9. The third-order valence-electron chi connectivity index (χ3n) is 6.87. The second kappa shape index (κ2) is 9.82. The molecule has 5 rings (SSSR count). The quantitative estimate of drug-likeness (QED) is 0.200. The molecule has 0 saturated carbocycles. The molecule has 6 nitrogen and oxygen atoms in total. The number of alkyl halides is 6. The first kappa shape index (κ1) is 28.0. The number of halogens is 7. The lowest BCUT2D eigenvalue weighted by Gasteiger charge is -2.27. The van der Waals surface area contributed by atoms with E-state index in [1.165, 1.54) is 7.05 Å². The maximum Gasteiger partial charge on any atom is 0.416 e. The Balaban J connectivity index is 1.75. The normalized spacial score (nSPS) is 14.3. The van der Waals surface area contributed by atoms with Crippen LogP contribution in [0.4, 0.5) is 42.4 Å². The van der Waals surface area contributed by atoms with Crippen LogP contribution >= 0.6 is 0 Å². The Morgan fingerprint density at radius 2 is 1.66 bits per heavy atom. The minimum atomic E-state index is -5.23. The van der Waals surface area contributed by atoms with E-state index in [0.29, 0.717) is 12.1 Å². The van der Waals surface area contributed by atoms with E-state index in [-0.39, 0.29) is 19.0 Å². The number of fused-ring (bicyclic) bond motifs is 2. The van der Waals surface area contributed by atoms with Crippen molar-refractivity contribution in [3.05, 3.63) is 105 Å². The number of rotatable bonds is 5. The smallest absolute Gasteiger partial charge is 0.416 e. The summed E-state index contributed by atoms with van der Waals surface area (Å²) in [6, 6.07) is 7.63. The van der Waals surface area contributed by atoms with Crippen molar-refractivity contribution in [2.75, 3.05) is 10.2 Å². The molecule has 0 amide bonds. The molecule has 0 fully saturated rings. The van der Waals surface area contributed by atoms with Gasteiger partial charge < -0.3 is 15.3 Å². The van der Waals surface area contributed by atoms with Gasteiger partial charge in [-0.25, -0.2) is 9.37 Å². The van der Waals surface area contributed by atoms with Gasteiger partial charge in [0.15, 0.2) is 6.04 Å². The van der Waals surface area contributed by atoms with Gasteiger partial charge in [0, 0.05) is 37.0 Å². The van der Waals surface area contributed by atoms with Crippen LogP contribution in [0.15, 0.2) is 66.0 Å². The van der Waals surface area contributed by atoms with Crippen LogP contribution in [0.1, 0.15) is 33.9 Å². The van der Waals surface area contributed by atoms with Gasteiger partial charge in [0.25, 0.3) is 5.56 Å². The largest absolute Gasteiger partial charge is 0.508 e. The SMILES string of the molecule is C=C(O)c1cc(F)ccc1NC(c1cc(C(F)(F)F)cc2c(=O)n(C)c(N3Cc4ccccc4C3)nc12)C(F)(F)F. The maximum absolute atomic E-state index is 14.6. The van der Waals surface area contributed by atoms with Gasteiger partial charge in [-0.1, -0.05) is 30.8 Å². The highest BCUT2D eigenvalue weighted by Crippen LogP contribution is 2.42. The number of benzene rings is 3. The molecule has 0 saturated heterocycles. The maximum atomic E-state index is 14.6. The highest BCUT2D eigenvalue weighted by Gasteiger charge is 2.44. The van der Waals surface area contributed by atoms with Crippen LogP contribution in [0, 0.1) is 5.82 Å². The number of aliphatic hydroxyl groups is 1. The molecular weight excluding hydrogens is 557 g/mol. The summed E-state index contributed by atoms with van der Waals surface area (Å²) in [7, 11) is 1.28. The first-order valence-corrected chi connectivity index (χ1v) is 12.1. The van der Waals surface area contributed by atoms with Crippen LogP contribution in [0.5, 0.6) is 0 Å². The van der Waals surface area contributed by atoms with Crippen LogP contribution in [-0.4, -0.2) is 20.8 Å². The number of nitrogens with zero attached hydrogens (tertiary/aromatic N) is 3. The minimum Gasteiger partial charge on any atom is -0.508 e. The highest BCUT2D eigenvalue weighted by atomic mass is 19.4. The van der Waals surface area contributed by atoms with Crippen LogP contribution < -0.4 is 15.8 Å². The Morgan fingerprint density at radius 1 is 1.02 bits per heavy atom. The van der Waals surface area contributed by atoms with E-state index in [1.807, 2.05) is 12.1 Å². The summed E-state index contributed by atoms with van der Waals surface area (Å²) in [4.78, 5) is 19.3. The lowest BCUT2D eigenvalue weighted by molar-refractivity contribution is -0.145. The molecule has 2 N–H and O–H groups in total. The molecule has 0 radical (unpaired) electrons. The molecule has 1 atom stereocenters. The predicted molar refractivity (Wildman–Crippen MR) is 139 cm³/mol. The second-order valence-corrected chi connectivity index (χ2v) is 9.62. The summed E-state index contributed by atoms with van der Waals surface area (Å²) < 4.78 is 100. The third-order valence-corrected chi connectivity index (χ3v) is 6.87. The number of nitrogens with one attached hydrogen (secondary N) is 1. The molecule has 4 aromatic rings. The summed E-state index contributed by atoms with van der Waals surface area (Å²) in [5, 5.41) is 11.3. The minimum absolute atomic E-state index is 0.0353. The van der Waals surface area contributed by atoms with Crippen LogP contribution in [-0.2, 0) is 26.3 Å². The molecule has 0 aliphatic carbocycles. The Labute approximate surface area is 228 Å². The van der Waals surface area contributed by atoms with Gasteiger partial charge >= 0.3 is 12.4 Å². The Bertz CT molecular complexity index is 1720. The number of hydrogen-bond acceptors (Lipinski definition) is 5. The number of aliphatic hydroxyl groups excluding tert-OH is 1. The van der Waals surface area contributed by atoms with Crippen molar-refractivity contribution in [3.63, 3.8) is 0 Å². The monoisotopic (exact) mass is 578 g/mol. The zero-order valence-electron chi connectivity index (χ0n) is 21.2. The standard InChI is InChI=1S/C28H21F7N4O2/c1-14(40)19-11-18(29)7-8-22(19)36-24(28(33,34)35)20-9-17(27(30,31)32)10-21-23(20)37-26(38(2)25(21)41)39-12-15-5-3-4-6-16(15)13-39/h3-11,24,36,40H,1,12-13H2,2H3. The average Bonchev–Trinajstić information content (AvgIpc) is 3.32. The highest BCUT2D eigenvalue weighted by molar-refractivity contribution is 5.85. The molecule has 1 unspecified atom stereocenters. The van der Waals surface area contributed by atoms with Crippen molar-refractivity contribution < 1.29 is 35.8 Å². The molecule has 214 valence electrons. The molecule has 1 aliphatic heterocycles. The fraction of sp³-hybridized carbons (Fsp3) is 0.214. The van der Waals surface area contributed by atoms with E-state index in [4.69, 9.17) is 0 Å². The molecule has 41 heavy (non-hydrogen) atoms. The van der Waals surface area contributed by atoms with Gasteiger partial charge in [0.05, 0.1) is 16.5 Å². The summed E-state index contributed by atoms with van der Waals surface area (Å²) in [6.07, 6.45) is -10.3. The van der Waals surface area contributed by atoms with E-state index in [2.05, 4.69) is 16.9 Å². The Hall–Kier alpha value is -4.55. The van der Waals surface area contributed by atoms with E-state index in [0.717, 1.165) is 33.9 Å². The van der Waals surface area contributed by atoms with Crippen molar-refractivity contribution in [1.29, 1.82) is 0 Å². The van der Waals surface area contributed by atoms with Gasteiger partial charge in [0.1, 0.15) is 11.6 Å². The molecule has 0 spiro atoms. The van der Waals surface area contributed by atoms with Gasteiger partial charge in [-0.3, -0.25) is 9.36 Å².